The molecule has 0 heterocycles. The lowest BCUT2D eigenvalue weighted by Crippen LogP contribution is -1.90. The Bertz CT molecular complexity index is 222. The quantitative estimate of drug-likeness (QED) is 0.630. The molecule has 1 aromatic rings. The van der Waals surface area contributed by atoms with Crippen LogP contribution in [0.4, 0.5) is 0 Å². The molecule has 1 N–H and O–H groups in total. The lowest BCUT2D eigenvalue weighted by molar-refractivity contribution is 0.345. The van der Waals surface area contributed by atoms with Crippen LogP contribution >= 0.6 is 0 Å². The zero-order chi connectivity index (χ0) is 9.46. The fourth-order valence-corrected chi connectivity index (χ4v) is 1.26. The number of hydrogen-bond donors (Lipinski definition) is 1. The van der Waals surface area contributed by atoms with Gasteiger partial charge in [0.15, 0.2) is 5.75 Å². The molecule has 0 saturated heterocycles. The molecule has 12 heavy (non-hydrogen) atoms. The highest BCUT2D eigenvalue weighted by molar-refractivity contribution is 5.55. The normalized spacial score (nSPS) is 10.3. The van der Waals surface area contributed by atoms with Crippen LogP contribution in [-0.4, -0.2) is 5.11 Å². The third kappa shape index (κ3) is 1.04. The second-order valence-electron chi connectivity index (χ2n) is 3.18. The molecule has 1 radical (unpaired) electrons. The van der Waals surface area contributed by atoms with E-state index in [1.54, 1.807) is 27.7 Å². The van der Waals surface area contributed by atoms with Crippen molar-refractivity contribution in [3.8, 4) is 11.5 Å². The van der Waals surface area contributed by atoms with Crippen molar-refractivity contribution in [2.45, 2.75) is 27.7 Å². The summed E-state index contributed by atoms with van der Waals surface area (Å²) in [4.78, 5) is 0. The van der Waals surface area contributed by atoms with Gasteiger partial charge in [-0.25, -0.2) is 0 Å². The fourth-order valence-electron chi connectivity index (χ4n) is 1.26. The minimum absolute atomic E-state index is 0.0443. The fraction of sp³-hybridized carbons (Fsp3) is 0.400. The maximum Gasteiger partial charge on any atom is 0.185 e. The van der Waals surface area contributed by atoms with E-state index in [2.05, 4.69) is 0 Å². The molecule has 0 spiro atoms. The van der Waals surface area contributed by atoms with Crippen LogP contribution in [0.1, 0.15) is 22.3 Å². The summed E-state index contributed by atoms with van der Waals surface area (Å²) in [5.74, 6) is 0.299. The molecular weight excluding hydrogens is 152 g/mol. The van der Waals surface area contributed by atoms with Gasteiger partial charge in [0.2, 0.25) is 0 Å². The van der Waals surface area contributed by atoms with Crippen molar-refractivity contribution in [2.75, 3.05) is 0 Å². The van der Waals surface area contributed by atoms with Crippen molar-refractivity contribution in [1.29, 1.82) is 0 Å². The van der Waals surface area contributed by atoms with E-state index in [4.69, 9.17) is 0 Å². The van der Waals surface area contributed by atoms with Crippen LogP contribution in [0.25, 0.3) is 0 Å². The van der Waals surface area contributed by atoms with Crippen molar-refractivity contribution < 1.29 is 10.2 Å². The van der Waals surface area contributed by atoms with Crippen LogP contribution in [0.3, 0.4) is 0 Å². The van der Waals surface area contributed by atoms with Crippen molar-refractivity contribution in [3.05, 3.63) is 22.3 Å². The molecule has 0 aliphatic carbocycles. The molecule has 0 aromatic heterocycles. The average Bonchev–Trinajstić information content (AvgIpc) is 2.08. The van der Waals surface area contributed by atoms with Gasteiger partial charge in [-0.15, -0.1) is 0 Å². The molecular formula is C10H13O2. The molecule has 1 rings (SSSR count). The Balaban J connectivity index is 3.60. The van der Waals surface area contributed by atoms with Crippen LogP contribution in [-0.2, 0) is 5.11 Å². The third-order valence-electron chi connectivity index (χ3n) is 2.52. The highest BCUT2D eigenvalue weighted by Gasteiger charge is 2.13. The predicted molar refractivity (Wildman–Crippen MR) is 47.2 cm³/mol. The Labute approximate surface area is 72.5 Å². The standard InChI is InChI=1S/C10H13O2/c1-5-6(2)10(12)8(4)7(3)9(5)11/h11H,1-4H3. The van der Waals surface area contributed by atoms with E-state index in [9.17, 15) is 10.2 Å². The molecule has 0 unspecified atom stereocenters. The van der Waals surface area contributed by atoms with E-state index in [0.29, 0.717) is 22.3 Å². The SMILES string of the molecule is Cc1c(C)c(O)c(C)c(C)c1[O]. The Kier molecular flexibility index (Phi) is 2.01. The van der Waals surface area contributed by atoms with Crippen molar-refractivity contribution >= 4 is 0 Å². The molecule has 0 bridgehead atoms. The summed E-state index contributed by atoms with van der Waals surface area (Å²) in [5, 5.41) is 21.0. The van der Waals surface area contributed by atoms with Gasteiger partial charge in [-0.05, 0) is 38.8 Å². The van der Waals surface area contributed by atoms with Gasteiger partial charge in [0.25, 0.3) is 0 Å². The second-order valence-corrected chi connectivity index (χ2v) is 3.18. The van der Waals surface area contributed by atoms with Crippen LogP contribution in [0.2, 0.25) is 0 Å². The maximum atomic E-state index is 11.5. The van der Waals surface area contributed by atoms with Gasteiger partial charge in [0.1, 0.15) is 5.75 Å². The lowest BCUT2D eigenvalue weighted by atomic mass is 9.99. The monoisotopic (exact) mass is 165 g/mol. The summed E-state index contributed by atoms with van der Waals surface area (Å²) >= 11 is 0. The highest BCUT2D eigenvalue weighted by Crippen LogP contribution is 2.35. The van der Waals surface area contributed by atoms with E-state index in [1.165, 1.54) is 0 Å². The van der Waals surface area contributed by atoms with Gasteiger partial charge in [-0.3, -0.25) is 5.11 Å². The molecule has 0 aliphatic heterocycles. The maximum absolute atomic E-state index is 11.5. The first-order valence-electron chi connectivity index (χ1n) is 3.93. The first-order valence-corrected chi connectivity index (χ1v) is 3.93. The average molecular weight is 165 g/mol. The third-order valence-corrected chi connectivity index (χ3v) is 2.52. The Morgan fingerprint density at radius 3 is 1.50 bits per heavy atom. The van der Waals surface area contributed by atoms with Gasteiger partial charge in [-0.1, -0.05) is 0 Å². The molecule has 0 fully saturated rings. The number of phenolic OH excluding ortho intramolecular Hbond substituents is 1. The Morgan fingerprint density at radius 2 is 1.17 bits per heavy atom. The Hall–Kier alpha value is -1.18. The first kappa shape index (κ1) is 8.91. The first-order chi connectivity index (χ1) is 5.46. The lowest BCUT2D eigenvalue weighted by Gasteiger charge is -2.10. The number of rotatable bonds is 0. The highest BCUT2D eigenvalue weighted by atomic mass is 16.3. The van der Waals surface area contributed by atoms with E-state index in [-0.39, 0.29) is 11.5 Å². The van der Waals surface area contributed by atoms with Crippen LogP contribution < -0.4 is 0 Å². The van der Waals surface area contributed by atoms with Gasteiger partial charge in [-0.2, -0.15) is 0 Å². The van der Waals surface area contributed by atoms with Crippen molar-refractivity contribution in [3.63, 3.8) is 0 Å². The number of aromatic hydroxyl groups is 1. The molecule has 0 amide bonds. The second kappa shape index (κ2) is 2.70. The minimum Gasteiger partial charge on any atom is -0.507 e. The minimum atomic E-state index is 0.0443. The zero-order valence-electron chi connectivity index (χ0n) is 7.86. The summed E-state index contributed by atoms with van der Waals surface area (Å²) in [7, 11) is 0. The number of hydrogen-bond acceptors (Lipinski definition) is 1. The van der Waals surface area contributed by atoms with E-state index < -0.39 is 0 Å². The largest absolute Gasteiger partial charge is 0.507 e. The molecule has 0 saturated carbocycles. The van der Waals surface area contributed by atoms with Crippen LogP contribution in [0.5, 0.6) is 11.5 Å². The van der Waals surface area contributed by atoms with Gasteiger partial charge in [0, 0.05) is 11.1 Å². The van der Waals surface area contributed by atoms with E-state index in [0.717, 1.165) is 0 Å². The van der Waals surface area contributed by atoms with Crippen molar-refractivity contribution in [1.82, 2.24) is 0 Å². The zero-order valence-corrected chi connectivity index (χ0v) is 7.86. The van der Waals surface area contributed by atoms with Gasteiger partial charge < -0.3 is 5.11 Å². The predicted octanol–water partition coefficient (Wildman–Crippen LogP) is 2.77. The van der Waals surface area contributed by atoms with Crippen LogP contribution in [0.15, 0.2) is 0 Å². The van der Waals surface area contributed by atoms with Crippen LogP contribution in [0, 0.1) is 27.7 Å². The molecule has 1 aromatic carbocycles. The molecule has 2 heteroatoms. The van der Waals surface area contributed by atoms with E-state index in [1.807, 2.05) is 0 Å². The Morgan fingerprint density at radius 1 is 0.833 bits per heavy atom. The molecule has 0 aliphatic rings. The molecule has 2 nitrogen and oxygen atoms in total. The van der Waals surface area contributed by atoms with Crippen molar-refractivity contribution in [2.24, 2.45) is 0 Å². The smallest absolute Gasteiger partial charge is 0.185 e. The summed E-state index contributed by atoms with van der Waals surface area (Å²) in [6.07, 6.45) is 0. The number of phenols is 1. The van der Waals surface area contributed by atoms with Gasteiger partial charge in [0.05, 0.1) is 0 Å². The topological polar surface area (TPSA) is 40.1 Å². The molecule has 0 atom stereocenters. The molecule has 65 valence electrons. The summed E-state index contributed by atoms with van der Waals surface area (Å²) in [6, 6.07) is 0. The van der Waals surface area contributed by atoms with E-state index >= 15 is 0 Å². The summed E-state index contributed by atoms with van der Waals surface area (Å²) < 4.78 is 0. The summed E-state index contributed by atoms with van der Waals surface area (Å²) in [6.45, 7) is 7.00. The summed E-state index contributed by atoms with van der Waals surface area (Å²) in [5.41, 5.74) is 2.69. The van der Waals surface area contributed by atoms with Gasteiger partial charge >= 0.3 is 0 Å². The number of benzene rings is 1.